The van der Waals surface area contributed by atoms with E-state index in [1.807, 2.05) is 0 Å². The molecule has 0 aliphatic carbocycles. The van der Waals surface area contributed by atoms with Gasteiger partial charge in [0.25, 0.3) is 17.5 Å². The number of amides is 2. The van der Waals surface area contributed by atoms with Crippen molar-refractivity contribution in [1.29, 1.82) is 0 Å². The van der Waals surface area contributed by atoms with Gasteiger partial charge in [-0.1, -0.05) is 30.3 Å². The van der Waals surface area contributed by atoms with E-state index >= 15 is 0 Å². The first kappa shape index (κ1) is 22.9. The molecule has 3 N–H and O–H groups in total. The monoisotopic (exact) mass is 449 g/mol. The molecule has 2 aromatic carbocycles. The average Bonchev–Trinajstić information content (AvgIpc) is 3.34. The van der Waals surface area contributed by atoms with Crippen LogP contribution in [0.15, 0.2) is 83.1 Å². The molecule has 0 radical (unpaired) electrons. The summed E-state index contributed by atoms with van der Waals surface area (Å²) in [7, 11) is 0. The molecule has 1 heterocycles. The van der Waals surface area contributed by atoms with Crippen molar-refractivity contribution in [3.63, 3.8) is 0 Å². The number of carboxylic acid groups (broad SMARTS) is 1. The van der Waals surface area contributed by atoms with Crippen molar-refractivity contribution in [3.05, 3.63) is 106 Å². The normalized spacial score (nSPS) is 11.9. The maximum atomic E-state index is 12.9. The van der Waals surface area contributed by atoms with Crippen LogP contribution in [0.2, 0.25) is 0 Å². The highest BCUT2D eigenvalue weighted by atomic mass is 16.6. The number of carboxylic acids is 1. The highest BCUT2D eigenvalue weighted by molar-refractivity contribution is 6.05. The zero-order valence-corrected chi connectivity index (χ0v) is 17.1. The fourth-order valence-corrected chi connectivity index (χ4v) is 2.89. The number of carbonyl (C=O) groups is 3. The second-order valence-corrected chi connectivity index (χ2v) is 6.89. The largest absolute Gasteiger partial charge is 0.480 e. The fraction of sp³-hybridized carbons (Fsp3) is 0.0870. The van der Waals surface area contributed by atoms with Gasteiger partial charge in [0.1, 0.15) is 11.7 Å². The summed E-state index contributed by atoms with van der Waals surface area (Å²) in [6, 6.07) is 15.6. The van der Waals surface area contributed by atoms with Crippen molar-refractivity contribution >= 4 is 29.5 Å². The molecule has 10 nitrogen and oxygen atoms in total. The number of aliphatic carboxylic acids is 1. The fourth-order valence-electron chi connectivity index (χ4n) is 2.89. The second kappa shape index (κ2) is 10.5. The molecule has 10 heteroatoms. The molecule has 0 saturated heterocycles. The van der Waals surface area contributed by atoms with Crippen molar-refractivity contribution in [2.24, 2.45) is 0 Å². The van der Waals surface area contributed by atoms with Crippen LogP contribution in [0.25, 0.3) is 6.08 Å². The minimum Gasteiger partial charge on any atom is -0.480 e. The predicted molar refractivity (Wildman–Crippen MR) is 117 cm³/mol. The summed E-state index contributed by atoms with van der Waals surface area (Å²) in [5, 5.41) is 25.2. The molecule has 0 saturated carbocycles. The molecule has 2 amide bonds. The van der Waals surface area contributed by atoms with Gasteiger partial charge in [0.05, 0.1) is 11.2 Å². The summed E-state index contributed by atoms with van der Waals surface area (Å²) < 4.78 is 5.03. The molecule has 168 valence electrons. The number of non-ortho nitro benzene ring substituents is 1. The van der Waals surface area contributed by atoms with Crippen molar-refractivity contribution < 1.29 is 28.8 Å². The molecule has 1 aromatic heterocycles. The van der Waals surface area contributed by atoms with E-state index in [0.29, 0.717) is 11.1 Å². The molecule has 3 rings (SSSR count). The third-order valence-corrected chi connectivity index (χ3v) is 4.54. The van der Waals surface area contributed by atoms with Crippen LogP contribution in [-0.2, 0) is 16.0 Å². The average molecular weight is 449 g/mol. The Morgan fingerprint density at radius 3 is 2.30 bits per heavy atom. The SMILES string of the molecule is O=C(NC(Cc1ccccc1)C(=O)O)C(=Cc1ccc([N+](=O)[O-])cc1)NC(=O)c1ccco1. The number of nitro groups is 1. The summed E-state index contributed by atoms with van der Waals surface area (Å²) >= 11 is 0. The predicted octanol–water partition coefficient (Wildman–Crippen LogP) is 2.77. The zero-order valence-electron chi connectivity index (χ0n) is 17.1. The highest BCUT2D eigenvalue weighted by Crippen LogP contribution is 2.15. The molecule has 3 aromatic rings. The number of hydrogen-bond acceptors (Lipinski definition) is 6. The number of benzene rings is 2. The Morgan fingerprint density at radius 1 is 1.03 bits per heavy atom. The Hall–Kier alpha value is -4.73. The first-order valence-electron chi connectivity index (χ1n) is 9.72. The lowest BCUT2D eigenvalue weighted by Crippen LogP contribution is -2.45. The van der Waals surface area contributed by atoms with E-state index in [-0.39, 0.29) is 23.6 Å². The molecule has 0 aliphatic heterocycles. The topological polar surface area (TPSA) is 152 Å². The van der Waals surface area contributed by atoms with Crippen molar-refractivity contribution in [3.8, 4) is 0 Å². The van der Waals surface area contributed by atoms with Gasteiger partial charge in [0, 0.05) is 18.6 Å². The smallest absolute Gasteiger partial charge is 0.326 e. The van der Waals surface area contributed by atoms with Gasteiger partial charge in [-0.2, -0.15) is 0 Å². The van der Waals surface area contributed by atoms with Gasteiger partial charge in [0.15, 0.2) is 5.76 Å². The third-order valence-electron chi connectivity index (χ3n) is 4.54. The maximum Gasteiger partial charge on any atom is 0.326 e. The number of rotatable bonds is 9. The number of nitrogens with one attached hydrogen (secondary N) is 2. The summed E-state index contributed by atoms with van der Waals surface area (Å²) in [6.07, 6.45) is 2.59. The molecule has 0 bridgehead atoms. The van der Waals surface area contributed by atoms with Crippen LogP contribution in [0.3, 0.4) is 0 Å². The molecule has 33 heavy (non-hydrogen) atoms. The van der Waals surface area contributed by atoms with E-state index in [4.69, 9.17) is 4.42 Å². The lowest BCUT2D eigenvalue weighted by Gasteiger charge is -2.16. The maximum absolute atomic E-state index is 12.9. The van der Waals surface area contributed by atoms with Gasteiger partial charge in [-0.25, -0.2) is 4.79 Å². The second-order valence-electron chi connectivity index (χ2n) is 6.89. The van der Waals surface area contributed by atoms with Crippen LogP contribution < -0.4 is 10.6 Å². The van der Waals surface area contributed by atoms with Crippen molar-refractivity contribution in [2.45, 2.75) is 12.5 Å². The van der Waals surface area contributed by atoms with Crippen molar-refractivity contribution in [2.75, 3.05) is 0 Å². The zero-order chi connectivity index (χ0) is 23.8. The summed E-state index contributed by atoms with van der Waals surface area (Å²) in [6.45, 7) is 0. The number of furan rings is 1. The number of carbonyl (C=O) groups excluding carboxylic acids is 2. The van der Waals surface area contributed by atoms with Gasteiger partial charge in [-0.05, 0) is 41.5 Å². The Labute approximate surface area is 187 Å². The molecular weight excluding hydrogens is 430 g/mol. The van der Waals surface area contributed by atoms with Gasteiger partial charge in [0.2, 0.25) is 0 Å². The summed E-state index contributed by atoms with van der Waals surface area (Å²) in [5.74, 6) is -2.88. The van der Waals surface area contributed by atoms with Gasteiger partial charge in [-0.15, -0.1) is 0 Å². The Kier molecular flexibility index (Phi) is 7.32. The lowest BCUT2D eigenvalue weighted by molar-refractivity contribution is -0.384. The molecule has 0 fully saturated rings. The Morgan fingerprint density at radius 2 is 1.73 bits per heavy atom. The highest BCUT2D eigenvalue weighted by Gasteiger charge is 2.24. The molecule has 0 aliphatic rings. The van der Waals surface area contributed by atoms with Crippen LogP contribution in [0, 0.1) is 10.1 Å². The van der Waals surface area contributed by atoms with E-state index in [2.05, 4.69) is 10.6 Å². The van der Waals surface area contributed by atoms with Gasteiger partial charge < -0.3 is 20.2 Å². The van der Waals surface area contributed by atoms with E-state index in [0.717, 1.165) is 0 Å². The third kappa shape index (κ3) is 6.37. The minimum atomic E-state index is -1.26. The molecule has 0 spiro atoms. The number of nitro benzene ring substituents is 1. The summed E-state index contributed by atoms with van der Waals surface area (Å²) in [4.78, 5) is 47.4. The molecule has 1 atom stereocenters. The van der Waals surface area contributed by atoms with Crippen LogP contribution >= 0.6 is 0 Å². The van der Waals surface area contributed by atoms with Gasteiger partial charge >= 0.3 is 5.97 Å². The van der Waals surface area contributed by atoms with Crippen LogP contribution in [0.4, 0.5) is 5.69 Å². The van der Waals surface area contributed by atoms with E-state index < -0.39 is 28.7 Å². The molecular formula is C23H19N3O7. The summed E-state index contributed by atoms with van der Waals surface area (Å²) in [5.41, 5.74) is 0.669. The van der Waals surface area contributed by atoms with Gasteiger partial charge in [-0.3, -0.25) is 19.7 Å². The van der Waals surface area contributed by atoms with E-state index in [9.17, 15) is 29.6 Å². The Balaban J connectivity index is 1.86. The first-order valence-corrected chi connectivity index (χ1v) is 9.72. The van der Waals surface area contributed by atoms with E-state index in [1.165, 1.54) is 48.7 Å². The standard InChI is InChI=1S/C23H19N3O7/c27-21(25-19(23(29)30)14-15-5-2-1-3-6-15)18(24-22(28)20-7-4-12-33-20)13-16-8-10-17(11-9-16)26(31)32/h1-13,19H,14H2,(H,24,28)(H,25,27)(H,29,30). The number of hydrogen-bond donors (Lipinski definition) is 3. The van der Waals surface area contributed by atoms with Crippen LogP contribution in [0.1, 0.15) is 21.7 Å². The van der Waals surface area contributed by atoms with E-state index in [1.54, 1.807) is 30.3 Å². The van der Waals surface area contributed by atoms with Crippen molar-refractivity contribution in [1.82, 2.24) is 10.6 Å². The van der Waals surface area contributed by atoms with Crippen LogP contribution in [0.5, 0.6) is 0 Å². The van der Waals surface area contributed by atoms with Crippen LogP contribution in [-0.4, -0.2) is 33.9 Å². The lowest BCUT2D eigenvalue weighted by atomic mass is 10.1. The molecule has 1 unspecified atom stereocenters. The Bertz CT molecular complexity index is 1170. The first-order chi connectivity index (χ1) is 15.8. The number of nitrogens with zero attached hydrogens (tertiary/aromatic N) is 1. The minimum absolute atomic E-state index is 0.0266. The quantitative estimate of drug-likeness (QED) is 0.258.